The highest BCUT2D eigenvalue weighted by Gasteiger charge is 2.43. The Labute approximate surface area is 123 Å². The predicted octanol–water partition coefficient (Wildman–Crippen LogP) is 2.42. The van der Waals surface area contributed by atoms with E-state index in [1.165, 1.54) is 0 Å². The fourth-order valence-electron chi connectivity index (χ4n) is 2.81. The first-order valence-corrected chi connectivity index (χ1v) is 7.81. The smallest absolute Gasteiger partial charge is 0.0877 e. The Morgan fingerprint density at radius 1 is 1.32 bits per heavy atom. The molecule has 0 radical (unpaired) electrons. The molecular formula is C15H21BrO3. The summed E-state index contributed by atoms with van der Waals surface area (Å²) < 4.78 is 12.1. The molecule has 3 nitrogen and oxygen atoms in total. The molecule has 106 valence electrons. The second kappa shape index (κ2) is 6.90. The van der Waals surface area contributed by atoms with E-state index in [0.29, 0.717) is 6.42 Å². The van der Waals surface area contributed by atoms with Gasteiger partial charge in [0.2, 0.25) is 0 Å². The van der Waals surface area contributed by atoms with E-state index in [1.807, 2.05) is 6.08 Å². The molecule has 0 aromatic rings. The van der Waals surface area contributed by atoms with Crippen molar-refractivity contribution < 1.29 is 14.6 Å². The van der Waals surface area contributed by atoms with Crippen molar-refractivity contribution in [1.82, 2.24) is 0 Å². The molecule has 1 unspecified atom stereocenters. The first-order valence-electron chi connectivity index (χ1n) is 6.89. The maximum atomic E-state index is 10.2. The second-order valence-electron chi connectivity index (χ2n) is 5.19. The number of hydrogen-bond acceptors (Lipinski definition) is 3. The standard InChI is InChI=1S/C15H21BrO3/c1-3-5-6-7-13-15-9-14(19-13)11(17)8-10(16)12(4-2)18-15/h1,5-6,10-15,17H,4,7-9H2,2H3/b6-5-/t10-,11+,12+,13?,14+,15+/m0/s1. The zero-order valence-corrected chi connectivity index (χ0v) is 12.8. The highest BCUT2D eigenvalue weighted by molar-refractivity contribution is 9.09. The lowest BCUT2D eigenvalue weighted by Crippen LogP contribution is -2.38. The van der Waals surface area contributed by atoms with Gasteiger partial charge in [-0.1, -0.05) is 34.9 Å². The van der Waals surface area contributed by atoms with E-state index in [4.69, 9.17) is 15.9 Å². The van der Waals surface area contributed by atoms with Crippen molar-refractivity contribution in [3.8, 4) is 12.3 Å². The lowest BCUT2D eigenvalue weighted by Gasteiger charge is -2.30. The maximum Gasteiger partial charge on any atom is 0.0877 e. The van der Waals surface area contributed by atoms with Crippen LogP contribution in [-0.4, -0.2) is 40.5 Å². The Kier molecular flexibility index (Phi) is 5.47. The second-order valence-corrected chi connectivity index (χ2v) is 6.37. The summed E-state index contributed by atoms with van der Waals surface area (Å²) in [5, 5.41) is 10.2. The molecule has 6 atom stereocenters. The number of hydrogen-bond donors (Lipinski definition) is 1. The molecule has 0 saturated carbocycles. The fraction of sp³-hybridized carbons (Fsp3) is 0.733. The third-order valence-corrected chi connectivity index (χ3v) is 4.83. The van der Waals surface area contributed by atoms with Gasteiger partial charge in [0.25, 0.3) is 0 Å². The molecule has 4 heteroatoms. The Balaban J connectivity index is 2.07. The third-order valence-electron chi connectivity index (χ3n) is 3.86. The molecule has 1 N–H and O–H groups in total. The number of rotatable bonds is 3. The van der Waals surface area contributed by atoms with Crippen LogP contribution in [0.3, 0.4) is 0 Å². The number of allylic oxidation sites excluding steroid dienone is 1. The molecule has 0 aromatic carbocycles. The van der Waals surface area contributed by atoms with Crippen LogP contribution in [0.15, 0.2) is 12.2 Å². The van der Waals surface area contributed by atoms with Gasteiger partial charge in [0.15, 0.2) is 0 Å². The molecule has 2 aliphatic heterocycles. The van der Waals surface area contributed by atoms with E-state index >= 15 is 0 Å². The van der Waals surface area contributed by atoms with E-state index < -0.39 is 6.10 Å². The summed E-state index contributed by atoms with van der Waals surface area (Å²) in [7, 11) is 0. The molecule has 2 bridgehead atoms. The van der Waals surface area contributed by atoms with E-state index in [9.17, 15) is 5.11 Å². The topological polar surface area (TPSA) is 38.7 Å². The molecule has 2 heterocycles. The van der Waals surface area contributed by atoms with Gasteiger partial charge in [-0.15, -0.1) is 6.42 Å². The molecule has 2 aliphatic rings. The summed E-state index contributed by atoms with van der Waals surface area (Å²) in [6.07, 6.45) is 11.6. The summed E-state index contributed by atoms with van der Waals surface area (Å²) in [5.41, 5.74) is 0. The molecule has 0 spiro atoms. The molecule has 0 aromatic heterocycles. The first-order chi connectivity index (χ1) is 9.15. The monoisotopic (exact) mass is 328 g/mol. The van der Waals surface area contributed by atoms with Crippen LogP contribution in [0, 0.1) is 12.3 Å². The van der Waals surface area contributed by atoms with Crippen molar-refractivity contribution in [2.24, 2.45) is 0 Å². The van der Waals surface area contributed by atoms with Crippen LogP contribution in [0.2, 0.25) is 0 Å². The van der Waals surface area contributed by atoms with E-state index in [1.54, 1.807) is 6.08 Å². The summed E-state index contributed by atoms with van der Waals surface area (Å²) in [6, 6.07) is 0. The Morgan fingerprint density at radius 3 is 2.74 bits per heavy atom. The summed E-state index contributed by atoms with van der Waals surface area (Å²) in [6.45, 7) is 2.10. The predicted molar refractivity (Wildman–Crippen MR) is 78.2 cm³/mol. The van der Waals surface area contributed by atoms with Crippen molar-refractivity contribution in [3.63, 3.8) is 0 Å². The van der Waals surface area contributed by atoms with Gasteiger partial charge in [-0.25, -0.2) is 0 Å². The van der Waals surface area contributed by atoms with Gasteiger partial charge in [-0.05, 0) is 25.3 Å². The van der Waals surface area contributed by atoms with Gasteiger partial charge in [0.05, 0.1) is 30.5 Å². The number of aliphatic hydroxyl groups excluding tert-OH is 1. The van der Waals surface area contributed by atoms with Crippen molar-refractivity contribution in [3.05, 3.63) is 12.2 Å². The molecular weight excluding hydrogens is 308 g/mol. The number of halogens is 1. The average molecular weight is 329 g/mol. The minimum Gasteiger partial charge on any atom is -0.390 e. The van der Waals surface area contributed by atoms with Crippen LogP contribution in [0.1, 0.15) is 32.6 Å². The van der Waals surface area contributed by atoms with Crippen LogP contribution < -0.4 is 0 Å². The fourth-order valence-corrected chi connectivity index (χ4v) is 3.69. The van der Waals surface area contributed by atoms with Crippen LogP contribution >= 0.6 is 15.9 Å². The van der Waals surface area contributed by atoms with Crippen molar-refractivity contribution >= 4 is 15.9 Å². The lowest BCUT2D eigenvalue weighted by molar-refractivity contribution is -0.0532. The van der Waals surface area contributed by atoms with Gasteiger partial charge in [0, 0.05) is 11.2 Å². The zero-order chi connectivity index (χ0) is 13.8. The number of aliphatic hydroxyl groups is 1. The molecule has 2 rings (SSSR count). The van der Waals surface area contributed by atoms with Crippen molar-refractivity contribution in [2.75, 3.05) is 0 Å². The van der Waals surface area contributed by atoms with E-state index in [0.717, 1.165) is 19.3 Å². The van der Waals surface area contributed by atoms with Gasteiger partial charge < -0.3 is 14.6 Å². The number of terminal acetylenes is 1. The minimum atomic E-state index is -0.425. The highest BCUT2D eigenvalue weighted by atomic mass is 79.9. The lowest BCUT2D eigenvalue weighted by atomic mass is 9.97. The average Bonchev–Trinajstić information content (AvgIpc) is 2.79. The van der Waals surface area contributed by atoms with Crippen LogP contribution in [-0.2, 0) is 9.47 Å². The maximum absolute atomic E-state index is 10.2. The summed E-state index contributed by atoms with van der Waals surface area (Å²) in [5.74, 6) is 2.48. The SMILES string of the molecule is C#C/C=C\CC1O[C@@H]2C[C@H]1O[C@H](CC)[C@@H](Br)C[C@H]2O. The first kappa shape index (κ1) is 15.1. The van der Waals surface area contributed by atoms with E-state index in [2.05, 4.69) is 28.8 Å². The Bertz CT molecular complexity index is 363. The molecule has 2 saturated heterocycles. The number of alkyl halides is 1. The quantitative estimate of drug-likeness (QED) is 0.638. The summed E-state index contributed by atoms with van der Waals surface area (Å²) in [4.78, 5) is 0.182. The van der Waals surface area contributed by atoms with Gasteiger partial charge in [-0.3, -0.25) is 0 Å². The molecule has 2 fully saturated rings. The Hall–Kier alpha value is -0.340. The van der Waals surface area contributed by atoms with Crippen molar-refractivity contribution in [2.45, 2.75) is 68.0 Å². The van der Waals surface area contributed by atoms with Crippen molar-refractivity contribution in [1.29, 1.82) is 0 Å². The third kappa shape index (κ3) is 3.61. The van der Waals surface area contributed by atoms with Crippen LogP contribution in [0.5, 0.6) is 0 Å². The van der Waals surface area contributed by atoms with Gasteiger partial charge >= 0.3 is 0 Å². The number of fused-ring (bicyclic) bond motifs is 2. The molecule has 0 aliphatic carbocycles. The highest BCUT2D eigenvalue weighted by Crippen LogP contribution is 2.35. The molecule has 0 amide bonds. The van der Waals surface area contributed by atoms with Gasteiger partial charge in [-0.2, -0.15) is 0 Å². The minimum absolute atomic E-state index is 0.00361. The van der Waals surface area contributed by atoms with Gasteiger partial charge in [0.1, 0.15) is 0 Å². The molecule has 19 heavy (non-hydrogen) atoms. The summed E-state index contributed by atoms with van der Waals surface area (Å²) >= 11 is 3.63. The zero-order valence-electron chi connectivity index (χ0n) is 11.2. The van der Waals surface area contributed by atoms with Crippen LogP contribution in [0.4, 0.5) is 0 Å². The Morgan fingerprint density at radius 2 is 2.05 bits per heavy atom. The normalized spacial score (nSPS) is 42.8. The van der Waals surface area contributed by atoms with E-state index in [-0.39, 0.29) is 29.2 Å². The number of ether oxygens (including phenoxy) is 2. The largest absolute Gasteiger partial charge is 0.390 e. The van der Waals surface area contributed by atoms with Crippen LogP contribution in [0.25, 0.3) is 0 Å².